The van der Waals surface area contributed by atoms with Gasteiger partial charge in [-0.25, -0.2) is 9.98 Å². The molecule has 0 bridgehead atoms. The number of fused-ring (bicyclic) bond motifs is 1. The highest BCUT2D eigenvalue weighted by Gasteiger charge is 2.27. The molecule has 3 aromatic rings. The molecule has 0 spiro atoms. The minimum atomic E-state index is -0.168. The Morgan fingerprint density at radius 2 is 1.61 bits per heavy atom. The first kappa shape index (κ1) is 24.5. The van der Waals surface area contributed by atoms with E-state index in [-0.39, 0.29) is 43.1 Å². The van der Waals surface area contributed by atoms with E-state index in [1.165, 1.54) is 5.69 Å². The number of aromatic amines is 1. The van der Waals surface area contributed by atoms with Gasteiger partial charge in [-0.2, -0.15) is 0 Å². The number of aromatic nitrogens is 2. The molecule has 7 nitrogen and oxygen atoms in total. The van der Waals surface area contributed by atoms with Crippen molar-refractivity contribution in [2.24, 2.45) is 4.99 Å². The number of piperazine rings is 1. The number of hydrogen-bond acceptors (Lipinski definition) is 5. The maximum absolute atomic E-state index is 12.4. The van der Waals surface area contributed by atoms with Crippen LogP contribution in [0.5, 0.6) is 0 Å². The number of guanidine groups is 1. The van der Waals surface area contributed by atoms with Gasteiger partial charge >= 0.3 is 0 Å². The minimum absolute atomic E-state index is 0. The number of benzene rings is 1. The number of carbonyl (C=O) groups is 1. The van der Waals surface area contributed by atoms with Gasteiger partial charge in [0.1, 0.15) is 11.3 Å². The van der Waals surface area contributed by atoms with E-state index in [1.807, 2.05) is 30.5 Å². The van der Waals surface area contributed by atoms with Crippen molar-refractivity contribution >= 4 is 71.9 Å². The van der Waals surface area contributed by atoms with Gasteiger partial charge in [0, 0.05) is 55.2 Å². The van der Waals surface area contributed by atoms with Crippen LogP contribution in [-0.2, 0) is 4.79 Å². The average Bonchev–Trinajstić information content (AvgIpc) is 3.33. The summed E-state index contributed by atoms with van der Waals surface area (Å²) in [6, 6.07) is 14.3. The number of hydrogen-bond donors (Lipinski definition) is 2. The summed E-state index contributed by atoms with van der Waals surface area (Å²) in [5.74, 6) is 0.473. The van der Waals surface area contributed by atoms with Crippen molar-refractivity contribution in [2.45, 2.75) is 0 Å². The fourth-order valence-corrected chi connectivity index (χ4v) is 3.67. The molecule has 2 aliphatic heterocycles. The van der Waals surface area contributed by atoms with Gasteiger partial charge in [0.2, 0.25) is 5.96 Å². The fourth-order valence-electron chi connectivity index (χ4n) is 3.67. The lowest BCUT2D eigenvalue weighted by Gasteiger charge is -2.36. The van der Waals surface area contributed by atoms with E-state index in [0.717, 1.165) is 42.8 Å². The predicted octanol–water partition coefficient (Wildman–Crippen LogP) is 3.48. The highest BCUT2D eigenvalue weighted by atomic mass is 35.5. The number of halogens is 3. The van der Waals surface area contributed by atoms with Crippen LogP contribution in [0.4, 0.5) is 5.69 Å². The van der Waals surface area contributed by atoms with Gasteiger partial charge < -0.3 is 14.8 Å². The van der Waals surface area contributed by atoms with Crippen LogP contribution in [0, 0.1) is 0 Å². The molecule has 0 unspecified atom stereocenters. The van der Waals surface area contributed by atoms with Crippen molar-refractivity contribution in [3.05, 3.63) is 66.1 Å². The number of nitrogens with zero attached hydrogens (tertiary/aromatic N) is 4. The highest BCUT2D eigenvalue weighted by Crippen LogP contribution is 2.21. The number of carbonyl (C=O) groups excluding carboxylic acids is 1. The number of amides is 1. The molecule has 1 aromatic carbocycles. The van der Waals surface area contributed by atoms with Gasteiger partial charge in [-0.05, 0) is 30.3 Å². The highest BCUT2D eigenvalue weighted by molar-refractivity contribution is 6.14. The lowest BCUT2D eigenvalue weighted by atomic mass is 10.2. The van der Waals surface area contributed by atoms with Crippen LogP contribution in [0.25, 0.3) is 17.1 Å². The molecule has 2 aliphatic rings. The number of H-pyrrole nitrogens is 1. The molecule has 1 saturated heterocycles. The first-order valence-electron chi connectivity index (χ1n) is 9.37. The van der Waals surface area contributed by atoms with Crippen molar-refractivity contribution in [2.75, 3.05) is 31.1 Å². The Morgan fingerprint density at radius 1 is 0.903 bits per heavy atom. The second-order valence-electron chi connectivity index (χ2n) is 6.87. The minimum Gasteiger partial charge on any atom is -0.368 e. The third-order valence-electron chi connectivity index (χ3n) is 5.16. The van der Waals surface area contributed by atoms with E-state index < -0.39 is 0 Å². The largest absolute Gasteiger partial charge is 0.368 e. The van der Waals surface area contributed by atoms with Crippen LogP contribution in [0.15, 0.2) is 65.5 Å². The maximum atomic E-state index is 12.4. The lowest BCUT2D eigenvalue weighted by molar-refractivity contribution is -0.115. The number of para-hydroxylation sites is 1. The third kappa shape index (κ3) is 4.95. The number of anilines is 1. The average molecular weight is 482 g/mol. The molecule has 0 saturated carbocycles. The van der Waals surface area contributed by atoms with Crippen molar-refractivity contribution in [3.8, 4) is 0 Å². The van der Waals surface area contributed by atoms with E-state index in [2.05, 4.69) is 54.3 Å². The summed E-state index contributed by atoms with van der Waals surface area (Å²) >= 11 is 0. The standard InChI is InChI=1S/C21H20N6O.3ClH/c28-20-18(13-15-14-23-19-17(15)7-4-8-22-19)24-21(25-20)27-11-9-26(10-12-27)16-5-2-1-3-6-16;;;/h1-8,13-14H,9-12H2,(H,22,23)(H,24,25,28);3*1H. The monoisotopic (exact) mass is 480 g/mol. The Labute approximate surface area is 198 Å². The molecule has 1 fully saturated rings. The molecule has 2 N–H and O–H groups in total. The van der Waals surface area contributed by atoms with E-state index >= 15 is 0 Å². The van der Waals surface area contributed by atoms with E-state index in [9.17, 15) is 4.79 Å². The fraction of sp³-hybridized carbons (Fsp3) is 0.190. The zero-order valence-electron chi connectivity index (χ0n) is 16.5. The van der Waals surface area contributed by atoms with Crippen LogP contribution in [-0.4, -0.2) is 52.9 Å². The molecule has 2 aromatic heterocycles. The summed E-state index contributed by atoms with van der Waals surface area (Å²) in [7, 11) is 0. The Morgan fingerprint density at radius 3 is 2.35 bits per heavy atom. The normalized spacial score (nSPS) is 16.8. The molecule has 0 atom stereocenters. The van der Waals surface area contributed by atoms with E-state index in [4.69, 9.17) is 0 Å². The van der Waals surface area contributed by atoms with Crippen LogP contribution in [0.2, 0.25) is 0 Å². The SMILES string of the molecule is Cl.Cl.Cl.O=C1NC(N2CCN(c3ccccc3)CC2)=NC1=Cc1c[nH]c2ncccc12. The van der Waals surface area contributed by atoms with Crippen LogP contribution in [0.3, 0.4) is 0 Å². The van der Waals surface area contributed by atoms with Gasteiger partial charge in [-0.15, -0.1) is 37.2 Å². The predicted molar refractivity (Wildman–Crippen MR) is 132 cm³/mol. The van der Waals surface area contributed by atoms with Gasteiger partial charge in [0.05, 0.1) is 0 Å². The summed E-state index contributed by atoms with van der Waals surface area (Å²) < 4.78 is 0. The molecule has 5 rings (SSSR count). The second-order valence-corrected chi connectivity index (χ2v) is 6.87. The van der Waals surface area contributed by atoms with Gasteiger partial charge in [-0.1, -0.05) is 18.2 Å². The van der Waals surface area contributed by atoms with Crippen LogP contribution < -0.4 is 10.2 Å². The first-order valence-corrected chi connectivity index (χ1v) is 9.37. The first-order chi connectivity index (χ1) is 13.8. The number of nitrogens with one attached hydrogen (secondary N) is 2. The summed E-state index contributed by atoms with van der Waals surface area (Å²) in [6.07, 6.45) is 5.40. The Balaban J connectivity index is 0.00000114. The van der Waals surface area contributed by atoms with Gasteiger partial charge in [0.15, 0.2) is 0 Å². The van der Waals surface area contributed by atoms with E-state index in [1.54, 1.807) is 6.20 Å². The summed E-state index contributed by atoms with van der Waals surface area (Å²) in [4.78, 5) is 28.9. The number of aliphatic imine (C=N–C) groups is 1. The molecule has 10 heteroatoms. The molecule has 0 radical (unpaired) electrons. The van der Waals surface area contributed by atoms with Crippen molar-refractivity contribution in [1.29, 1.82) is 0 Å². The smallest absolute Gasteiger partial charge is 0.276 e. The molecule has 4 heterocycles. The maximum Gasteiger partial charge on any atom is 0.276 e. The second kappa shape index (κ2) is 10.5. The van der Waals surface area contributed by atoms with Crippen LogP contribution in [0.1, 0.15) is 5.56 Å². The Hall–Kier alpha value is -2.74. The number of pyridine rings is 1. The van der Waals surface area contributed by atoms with Gasteiger partial charge in [0.25, 0.3) is 5.91 Å². The quantitative estimate of drug-likeness (QED) is 0.550. The van der Waals surface area contributed by atoms with Crippen LogP contribution >= 0.6 is 37.2 Å². The topological polar surface area (TPSA) is 76.6 Å². The molecular formula is C21H23Cl3N6O. The summed E-state index contributed by atoms with van der Waals surface area (Å²) in [5.41, 5.74) is 3.36. The Kier molecular flexibility index (Phi) is 8.33. The number of rotatable bonds is 2. The molecule has 31 heavy (non-hydrogen) atoms. The summed E-state index contributed by atoms with van der Waals surface area (Å²) in [6.45, 7) is 3.43. The molecule has 1 amide bonds. The molecule has 164 valence electrons. The lowest BCUT2D eigenvalue weighted by Crippen LogP contribution is -2.52. The van der Waals surface area contributed by atoms with E-state index in [0.29, 0.717) is 11.7 Å². The zero-order valence-corrected chi connectivity index (χ0v) is 19.0. The van der Waals surface area contributed by atoms with Gasteiger partial charge in [-0.3, -0.25) is 10.1 Å². The Bertz CT molecular complexity index is 1090. The molecular weight excluding hydrogens is 459 g/mol. The molecule has 0 aliphatic carbocycles. The zero-order chi connectivity index (χ0) is 18.9. The summed E-state index contributed by atoms with van der Waals surface area (Å²) in [5, 5.41) is 3.89. The third-order valence-corrected chi connectivity index (χ3v) is 5.16. The van der Waals surface area contributed by atoms with Crippen molar-refractivity contribution in [3.63, 3.8) is 0 Å². The van der Waals surface area contributed by atoms with Crippen molar-refractivity contribution in [1.82, 2.24) is 20.2 Å². The van der Waals surface area contributed by atoms with Crippen molar-refractivity contribution < 1.29 is 4.79 Å².